The largest absolute Gasteiger partial charge is 0.325 e. The SMILES string of the molecule is Cc1cc(C(=O)Nc2cccc(-c3cn4c(n3)SCC4)c2)ccc1[N+](=O)[O-]. The zero-order valence-electron chi connectivity index (χ0n) is 14.5. The number of thioether (sulfide) groups is 1. The van der Waals surface area contributed by atoms with Crippen molar-refractivity contribution in [1.82, 2.24) is 9.55 Å². The van der Waals surface area contributed by atoms with Crippen LogP contribution in [0, 0.1) is 17.0 Å². The maximum Gasteiger partial charge on any atom is 0.272 e. The summed E-state index contributed by atoms with van der Waals surface area (Å²) in [5.41, 5.74) is 3.27. The number of amides is 1. The van der Waals surface area contributed by atoms with E-state index < -0.39 is 4.92 Å². The minimum atomic E-state index is -0.457. The van der Waals surface area contributed by atoms with Crippen LogP contribution in [0.2, 0.25) is 0 Å². The van der Waals surface area contributed by atoms with E-state index in [0.29, 0.717) is 16.8 Å². The van der Waals surface area contributed by atoms with Crippen LogP contribution in [0.1, 0.15) is 15.9 Å². The molecular weight excluding hydrogens is 364 g/mol. The molecule has 0 atom stereocenters. The van der Waals surface area contributed by atoms with Crippen molar-refractivity contribution in [3.63, 3.8) is 0 Å². The Morgan fingerprint density at radius 3 is 2.89 bits per heavy atom. The van der Waals surface area contributed by atoms with Crippen LogP contribution < -0.4 is 5.32 Å². The van der Waals surface area contributed by atoms with E-state index in [9.17, 15) is 14.9 Å². The molecule has 1 aliphatic heterocycles. The molecule has 27 heavy (non-hydrogen) atoms. The highest BCUT2D eigenvalue weighted by atomic mass is 32.2. The molecule has 0 spiro atoms. The van der Waals surface area contributed by atoms with Gasteiger partial charge in [-0.05, 0) is 31.2 Å². The highest BCUT2D eigenvalue weighted by Gasteiger charge is 2.16. The summed E-state index contributed by atoms with van der Waals surface area (Å²) in [7, 11) is 0. The molecule has 0 aliphatic carbocycles. The predicted octanol–water partition coefficient (Wildman–Crippen LogP) is 4.12. The van der Waals surface area contributed by atoms with Crippen molar-refractivity contribution in [2.45, 2.75) is 18.6 Å². The fraction of sp³-hybridized carbons (Fsp3) is 0.158. The number of carbonyl (C=O) groups is 1. The number of aryl methyl sites for hydroxylation is 2. The first kappa shape index (κ1) is 17.3. The predicted molar refractivity (Wildman–Crippen MR) is 104 cm³/mol. The summed E-state index contributed by atoms with van der Waals surface area (Å²) >= 11 is 1.73. The Labute approximate surface area is 159 Å². The summed E-state index contributed by atoms with van der Waals surface area (Å²) < 4.78 is 2.13. The number of anilines is 1. The van der Waals surface area contributed by atoms with Gasteiger partial charge in [-0.15, -0.1) is 0 Å². The number of nitrogens with one attached hydrogen (secondary N) is 1. The summed E-state index contributed by atoms with van der Waals surface area (Å²) in [6.45, 7) is 2.58. The van der Waals surface area contributed by atoms with Crippen molar-refractivity contribution < 1.29 is 9.72 Å². The first-order valence-electron chi connectivity index (χ1n) is 8.38. The highest BCUT2D eigenvalue weighted by molar-refractivity contribution is 7.99. The standard InChI is InChI=1S/C19H16N4O3S/c1-12-9-14(5-6-17(12)23(25)26)18(24)20-15-4-2-3-13(10-15)16-11-22-7-8-27-19(22)21-16/h2-6,9-11H,7-8H2,1H3,(H,20,24). The van der Waals surface area contributed by atoms with Crippen molar-refractivity contribution in [2.24, 2.45) is 0 Å². The Balaban J connectivity index is 1.55. The molecule has 0 radical (unpaired) electrons. The summed E-state index contributed by atoms with van der Waals surface area (Å²) in [5.74, 6) is 0.737. The molecule has 0 unspecified atom stereocenters. The van der Waals surface area contributed by atoms with Gasteiger partial charge in [-0.1, -0.05) is 23.9 Å². The van der Waals surface area contributed by atoms with Crippen molar-refractivity contribution in [3.05, 3.63) is 69.9 Å². The number of aromatic nitrogens is 2. The van der Waals surface area contributed by atoms with Gasteiger partial charge in [0.2, 0.25) is 0 Å². The Hall–Kier alpha value is -3.13. The van der Waals surface area contributed by atoms with E-state index in [2.05, 4.69) is 14.9 Å². The number of nitrogens with zero attached hydrogens (tertiary/aromatic N) is 3. The molecule has 0 bridgehead atoms. The lowest BCUT2D eigenvalue weighted by atomic mass is 10.1. The molecule has 1 N–H and O–H groups in total. The second-order valence-corrected chi connectivity index (χ2v) is 7.31. The number of hydrogen-bond acceptors (Lipinski definition) is 5. The van der Waals surface area contributed by atoms with Crippen LogP contribution in [0.15, 0.2) is 53.8 Å². The topological polar surface area (TPSA) is 90.1 Å². The van der Waals surface area contributed by atoms with Gasteiger partial charge in [-0.3, -0.25) is 14.9 Å². The number of benzene rings is 2. The molecule has 3 aromatic rings. The molecular formula is C19H16N4O3S. The molecule has 2 heterocycles. The van der Waals surface area contributed by atoms with Crippen LogP contribution >= 0.6 is 11.8 Å². The normalized spacial score (nSPS) is 12.6. The van der Waals surface area contributed by atoms with Gasteiger partial charge < -0.3 is 9.88 Å². The van der Waals surface area contributed by atoms with E-state index in [1.165, 1.54) is 18.2 Å². The van der Waals surface area contributed by atoms with E-state index in [1.807, 2.05) is 24.4 Å². The highest BCUT2D eigenvalue weighted by Crippen LogP contribution is 2.30. The number of fused-ring (bicyclic) bond motifs is 1. The first-order chi connectivity index (χ1) is 13.0. The van der Waals surface area contributed by atoms with Crippen molar-refractivity contribution >= 4 is 29.0 Å². The van der Waals surface area contributed by atoms with Gasteiger partial charge in [0.05, 0.1) is 10.6 Å². The average Bonchev–Trinajstić information content (AvgIpc) is 3.23. The van der Waals surface area contributed by atoms with Crippen LogP contribution in [0.4, 0.5) is 11.4 Å². The second-order valence-electron chi connectivity index (χ2n) is 6.24. The summed E-state index contributed by atoms with van der Waals surface area (Å²) in [6, 6.07) is 11.8. The number of carbonyl (C=O) groups excluding carboxylic acids is 1. The van der Waals surface area contributed by atoms with Gasteiger partial charge in [-0.25, -0.2) is 4.98 Å². The number of rotatable bonds is 4. The third-order valence-electron chi connectivity index (χ3n) is 4.38. The Kier molecular flexibility index (Phi) is 4.41. The molecule has 0 saturated heterocycles. The molecule has 1 aliphatic rings. The van der Waals surface area contributed by atoms with Crippen LogP contribution in [-0.4, -0.2) is 26.1 Å². The van der Waals surface area contributed by atoms with E-state index in [4.69, 9.17) is 0 Å². The lowest BCUT2D eigenvalue weighted by Gasteiger charge is -2.07. The van der Waals surface area contributed by atoms with Crippen LogP contribution in [-0.2, 0) is 6.54 Å². The molecule has 7 nitrogen and oxygen atoms in total. The molecule has 136 valence electrons. The van der Waals surface area contributed by atoms with Crippen LogP contribution in [0.25, 0.3) is 11.3 Å². The van der Waals surface area contributed by atoms with Gasteiger partial charge in [0.25, 0.3) is 11.6 Å². The fourth-order valence-electron chi connectivity index (χ4n) is 3.01. The summed E-state index contributed by atoms with van der Waals surface area (Å²) in [5, 5.41) is 14.8. The minimum absolute atomic E-state index is 0.000696. The second kappa shape index (κ2) is 6.88. The zero-order valence-corrected chi connectivity index (χ0v) is 15.3. The number of nitro benzene ring substituents is 1. The van der Waals surface area contributed by atoms with Crippen molar-refractivity contribution in [2.75, 3.05) is 11.1 Å². The lowest BCUT2D eigenvalue weighted by molar-refractivity contribution is -0.385. The zero-order chi connectivity index (χ0) is 19.0. The van der Waals surface area contributed by atoms with Crippen molar-refractivity contribution in [3.8, 4) is 11.3 Å². The molecule has 1 aromatic heterocycles. The Morgan fingerprint density at radius 1 is 1.30 bits per heavy atom. The Morgan fingerprint density at radius 2 is 2.15 bits per heavy atom. The van der Waals surface area contributed by atoms with E-state index >= 15 is 0 Å². The summed E-state index contributed by atoms with van der Waals surface area (Å²) in [4.78, 5) is 27.6. The van der Waals surface area contributed by atoms with E-state index in [-0.39, 0.29) is 11.6 Å². The third kappa shape index (κ3) is 3.43. The maximum absolute atomic E-state index is 12.5. The lowest BCUT2D eigenvalue weighted by Crippen LogP contribution is -2.12. The first-order valence-corrected chi connectivity index (χ1v) is 9.36. The number of nitro groups is 1. The smallest absolute Gasteiger partial charge is 0.272 e. The molecule has 2 aromatic carbocycles. The van der Waals surface area contributed by atoms with Crippen LogP contribution in [0.5, 0.6) is 0 Å². The third-order valence-corrected chi connectivity index (χ3v) is 5.35. The average molecular weight is 380 g/mol. The molecule has 8 heteroatoms. The van der Waals surface area contributed by atoms with Crippen LogP contribution in [0.3, 0.4) is 0 Å². The molecule has 1 amide bonds. The van der Waals surface area contributed by atoms with Gasteiger partial charge in [-0.2, -0.15) is 0 Å². The van der Waals surface area contributed by atoms with E-state index in [0.717, 1.165) is 28.7 Å². The number of imidazole rings is 1. The number of hydrogen-bond donors (Lipinski definition) is 1. The quantitative estimate of drug-likeness (QED) is 0.543. The monoisotopic (exact) mass is 380 g/mol. The maximum atomic E-state index is 12.5. The molecule has 0 saturated carbocycles. The molecule has 4 rings (SSSR count). The van der Waals surface area contributed by atoms with Gasteiger partial charge in [0, 0.05) is 46.9 Å². The van der Waals surface area contributed by atoms with Crippen molar-refractivity contribution in [1.29, 1.82) is 0 Å². The Bertz CT molecular complexity index is 1040. The van der Waals surface area contributed by atoms with Gasteiger partial charge in [0.15, 0.2) is 5.16 Å². The molecule has 0 fully saturated rings. The van der Waals surface area contributed by atoms with Gasteiger partial charge in [0.1, 0.15) is 0 Å². The summed E-state index contributed by atoms with van der Waals surface area (Å²) in [6.07, 6.45) is 2.02. The van der Waals surface area contributed by atoms with Gasteiger partial charge >= 0.3 is 0 Å². The van der Waals surface area contributed by atoms with E-state index in [1.54, 1.807) is 24.8 Å². The fourth-order valence-corrected chi connectivity index (χ4v) is 3.95. The minimum Gasteiger partial charge on any atom is -0.325 e.